The van der Waals surface area contributed by atoms with Crippen molar-refractivity contribution in [3.8, 4) is 11.5 Å². The highest BCUT2D eigenvalue weighted by Crippen LogP contribution is 2.30. The molecule has 0 aliphatic rings. The number of halogens is 4. The number of nitrogens with zero attached hydrogens (tertiary/aromatic N) is 2. The number of hydrogen-bond acceptors (Lipinski definition) is 6. The number of thiazole rings is 1. The molecule has 0 saturated carbocycles. The van der Waals surface area contributed by atoms with Crippen LogP contribution in [0.5, 0.6) is 11.5 Å². The summed E-state index contributed by atoms with van der Waals surface area (Å²) in [7, 11) is 1.52. The molecular formula is C18H24F3IN4O3S. The summed E-state index contributed by atoms with van der Waals surface area (Å²) < 4.78 is 48.6. The van der Waals surface area contributed by atoms with Gasteiger partial charge in [0.25, 0.3) is 0 Å². The van der Waals surface area contributed by atoms with Crippen LogP contribution in [0, 0.1) is 0 Å². The first kappa shape index (κ1) is 26.2. The van der Waals surface area contributed by atoms with E-state index in [0.29, 0.717) is 35.6 Å². The van der Waals surface area contributed by atoms with E-state index in [0.717, 1.165) is 22.3 Å². The molecule has 7 nitrogen and oxygen atoms in total. The number of guanidine groups is 1. The molecule has 0 saturated heterocycles. The van der Waals surface area contributed by atoms with Crippen molar-refractivity contribution >= 4 is 41.3 Å². The van der Waals surface area contributed by atoms with Crippen molar-refractivity contribution in [2.45, 2.75) is 26.2 Å². The van der Waals surface area contributed by atoms with Gasteiger partial charge in [0, 0.05) is 11.9 Å². The highest BCUT2D eigenvalue weighted by atomic mass is 127. The molecule has 0 atom stereocenters. The quantitative estimate of drug-likeness (QED) is 0.248. The van der Waals surface area contributed by atoms with Gasteiger partial charge in [-0.05, 0) is 24.6 Å². The summed E-state index contributed by atoms with van der Waals surface area (Å²) in [6.07, 6.45) is -4.44. The maximum Gasteiger partial charge on any atom is 0.434 e. The molecule has 0 amide bonds. The number of nitrogens with one attached hydrogen (secondary N) is 2. The van der Waals surface area contributed by atoms with E-state index in [4.69, 9.17) is 14.6 Å². The fourth-order valence-electron chi connectivity index (χ4n) is 2.28. The van der Waals surface area contributed by atoms with E-state index in [1.165, 1.54) is 7.11 Å². The van der Waals surface area contributed by atoms with Crippen molar-refractivity contribution in [1.29, 1.82) is 0 Å². The third-order valence-electron chi connectivity index (χ3n) is 3.59. The van der Waals surface area contributed by atoms with Crippen LogP contribution in [-0.4, -0.2) is 42.9 Å². The zero-order chi connectivity index (χ0) is 21.3. The molecule has 0 aliphatic carbocycles. The lowest BCUT2D eigenvalue weighted by Gasteiger charge is -2.12. The van der Waals surface area contributed by atoms with Crippen LogP contribution < -0.4 is 20.1 Å². The average Bonchev–Trinajstić information content (AvgIpc) is 3.18. The number of aliphatic hydroxyl groups is 1. The first-order valence-corrected chi connectivity index (χ1v) is 9.69. The highest BCUT2D eigenvalue weighted by Gasteiger charge is 2.33. The van der Waals surface area contributed by atoms with Crippen LogP contribution in [0.25, 0.3) is 0 Å². The second kappa shape index (κ2) is 12.8. The summed E-state index contributed by atoms with van der Waals surface area (Å²) in [6, 6.07) is 5.32. The van der Waals surface area contributed by atoms with Crippen molar-refractivity contribution in [3.63, 3.8) is 0 Å². The minimum absolute atomic E-state index is 0. The average molecular weight is 560 g/mol. The summed E-state index contributed by atoms with van der Waals surface area (Å²) in [5.41, 5.74) is -0.0409. The summed E-state index contributed by atoms with van der Waals surface area (Å²) in [5.74, 6) is 1.49. The predicted molar refractivity (Wildman–Crippen MR) is 120 cm³/mol. The van der Waals surface area contributed by atoms with Gasteiger partial charge in [-0.1, -0.05) is 6.07 Å². The van der Waals surface area contributed by atoms with Gasteiger partial charge in [-0.3, -0.25) is 0 Å². The Hall–Kier alpha value is -1.80. The Balaban J connectivity index is 0.00000450. The topological polar surface area (TPSA) is 88.0 Å². The second-order valence-electron chi connectivity index (χ2n) is 5.73. The molecule has 0 fully saturated rings. The van der Waals surface area contributed by atoms with Gasteiger partial charge >= 0.3 is 6.18 Å². The van der Waals surface area contributed by atoms with E-state index in [-0.39, 0.29) is 43.7 Å². The molecule has 168 valence electrons. The van der Waals surface area contributed by atoms with Gasteiger partial charge < -0.3 is 25.2 Å². The van der Waals surface area contributed by atoms with Gasteiger partial charge in [0.05, 0.1) is 26.8 Å². The Kier molecular flexibility index (Phi) is 11.2. The van der Waals surface area contributed by atoms with E-state index >= 15 is 0 Å². The number of aromatic nitrogens is 1. The number of alkyl halides is 3. The Morgan fingerprint density at radius 2 is 2.03 bits per heavy atom. The van der Waals surface area contributed by atoms with E-state index in [2.05, 4.69) is 20.6 Å². The third kappa shape index (κ3) is 8.14. The molecule has 0 radical (unpaired) electrons. The zero-order valence-corrected chi connectivity index (χ0v) is 19.6. The van der Waals surface area contributed by atoms with Crippen LogP contribution in [0.1, 0.15) is 23.2 Å². The summed E-state index contributed by atoms with van der Waals surface area (Å²) in [5, 5.41) is 16.2. The fourth-order valence-corrected chi connectivity index (χ4v) is 3.02. The lowest BCUT2D eigenvalue weighted by Crippen LogP contribution is -2.36. The predicted octanol–water partition coefficient (Wildman–Crippen LogP) is 3.41. The standard InChI is InChI=1S/C18H23F3N4O3S.HI/c1-3-22-17(24-10-16-25-15(11-29-16)18(19,20)21)23-9-12-4-5-13(28-7-6-26)14(8-12)27-2;/h4-5,8,11,26H,3,6-7,9-10H2,1-2H3,(H2,22,23,24);1H. The molecule has 0 bridgehead atoms. The molecule has 1 aromatic heterocycles. The van der Waals surface area contributed by atoms with Gasteiger partial charge in [-0.15, -0.1) is 35.3 Å². The van der Waals surface area contributed by atoms with E-state index in [1.54, 1.807) is 12.1 Å². The lowest BCUT2D eigenvalue weighted by molar-refractivity contribution is -0.140. The number of benzene rings is 1. The van der Waals surface area contributed by atoms with Crippen LogP contribution in [0.2, 0.25) is 0 Å². The lowest BCUT2D eigenvalue weighted by atomic mass is 10.2. The Morgan fingerprint density at radius 3 is 2.63 bits per heavy atom. The molecule has 0 spiro atoms. The third-order valence-corrected chi connectivity index (χ3v) is 4.44. The Bertz CT molecular complexity index is 818. The van der Waals surface area contributed by atoms with Crippen LogP contribution in [0.3, 0.4) is 0 Å². The monoisotopic (exact) mass is 560 g/mol. The van der Waals surface area contributed by atoms with Gasteiger partial charge in [-0.25, -0.2) is 9.98 Å². The molecule has 1 heterocycles. The molecule has 3 N–H and O–H groups in total. The Labute approximate surface area is 193 Å². The maximum atomic E-state index is 12.6. The summed E-state index contributed by atoms with van der Waals surface area (Å²) in [6.45, 7) is 2.99. The summed E-state index contributed by atoms with van der Waals surface area (Å²) in [4.78, 5) is 8.02. The van der Waals surface area contributed by atoms with Gasteiger partial charge in [0.2, 0.25) is 0 Å². The second-order valence-corrected chi connectivity index (χ2v) is 6.67. The van der Waals surface area contributed by atoms with Crippen molar-refractivity contribution in [2.24, 2.45) is 4.99 Å². The van der Waals surface area contributed by atoms with E-state index in [1.807, 2.05) is 13.0 Å². The van der Waals surface area contributed by atoms with Gasteiger partial charge in [0.15, 0.2) is 23.2 Å². The number of aliphatic hydroxyl groups excluding tert-OH is 1. The van der Waals surface area contributed by atoms with Crippen molar-refractivity contribution < 1.29 is 27.8 Å². The van der Waals surface area contributed by atoms with E-state index < -0.39 is 11.9 Å². The van der Waals surface area contributed by atoms with Crippen LogP contribution in [0.4, 0.5) is 13.2 Å². The number of ether oxygens (including phenoxy) is 2. The number of rotatable bonds is 9. The van der Waals surface area contributed by atoms with Crippen LogP contribution in [0.15, 0.2) is 28.6 Å². The Morgan fingerprint density at radius 1 is 1.27 bits per heavy atom. The smallest absolute Gasteiger partial charge is 0.434 e. The largest absolute Gasteiger partial charge is 0.493 e. The molecule has 1 aromatic carbocycles. The highest BCUT2D eigenvalue weighted by molar-refractivity contribution is 14.0. The van der Waals surface area contributed by atoms with E-state index in [9.17, 15) is 13.2 Å². The summed E-state index contributed by atoms with van der Waals surface area (Å²) >= 11 is 0.939. The first-order chi connectivity index (χ1) is 13.9. The molecular weight excluding hydrogens is 536 g/mol. The molecule has 2 rings (SSSR count). The molecule has 12 heteroatoms. The molecule has 30 heavy (non-hydrogen) atoms. The van der Waals surface area contributed by atoms with Gasteiger partial charge in [0.1, 0.15) is 11.6 Å². The van der Waals surface area contributed by atoms with Gasteiger partial charge in [-0.2, -0.15) is 13.2 Å². The SMILES string of the molecule is CCNC(=NCc1ccc(OCCO)c(OC)c1)NCc1nc(C(F)(F)F)cs1.I. The molecule has 0 unspecified atom stereocenters. The minimum Gasteiger partial charge on any atom is -0.493 e. The number of hydrogen-bond donors (Lipinski definition) is 3. The van der Waals surface area contributed by atoms with Crippen molar-refractivity contribution in [3.05, 3.63) is 39.8 Å². The molecule has 2 aromatic rings. The maximum absolute atomic E-state index is 12.6. The number of aliphatic imine (C=N–C) groups is 1. The first-order valence-electron chi connectivity index (χ1n) is 8.81. The fraction of sp³-hybridized carbons (Fsp3) is 0.444. The van der Waals surface area contributed by atoms with Crippen LogP contribution >= 0.6 is 35.3 Å². The normalized spacial score (nSPS) is 11.6. The number of methoxy groups -OCH3 is 1. The van der Waals surface area contributed by atoms with Crippen molar-refractivity contribution in [2.75, 3.05) is 26.9 Å². The molecule has 0 aliphatic heterocycles. The zero-order valence-electron chi connectivity index (χ0n) is 16.5. The minimum atomic E-state index is -4.44. The van der Waals surface area contributed by atoms with Crippen molar-refractivity contribution in [1.82, 2.24) is 15.6 Å². The van der Waals surface area contributed by atoms with Crippen LogP contribution in [-0.2, 0) is 19.3 Å².